The number of carbonyl (C=O) groups excluding carboxylic acids is 13. The maximum atomic E-state index is 14.8. The van der Waals surface area contributed by atoms with Crippen LogP contribution in [0.25, 0.3) is 10.9 Å². The van der Waals surface area contributed by atoms with Gasteiger partial charge in [-0.1, -0.05) is 58.7 Å². The van der Waals surface area contributed by atoms with Crippen LogP contribution in [-0.2, 0) is 73.5 Å². The normalized spacial score (nSPS) is 16.8. The number of H-pyrrole nitrogens is 1. The number of likely N-dealkylation sites (tertiary alicyclic amines) is 1. The predicted octanol–water partition coefficient (Wildman–Crippen LogP) is -4.60. The van der Waals surface area contributed by atoms with Gasteiger partial charge in [-0.15, -0.1) is 0 Å². The number of rotatable bonds is 43. The van der Waals surface area contributed by atoms with Crippen molar-refractivity contribution in [3.8, 4) is 0 Å². The summed E-state index contributed by atoms with van der Waals surface area (Å²) in [4.78, 5) is 198. The van der Waals surface area contributed by atoms with Gasteiger partial charge in [0.1, 0.15) is 66.5 Å². The lowest BCUT2D eigenvalue weighted by molar-refractivity contribution is -0.144. The topological polar surface area (TPSA) is 561 Å². The molecule has 2 heterocycles. The number of nitrogens with zero attached hydrogens (tertiary/aromatic N) is 2. The van der Waals surface area contributed by atoms with Crippen molar-refractivity contribution in [1.29, 1.82) is 0 Å². The number of carboxylic acids is 1. The number of amides is 13. The fourth-order valence-electron chi connectivity index (χ4n) is 10.2. The molecule has 1 fully saturated rings. The van der Waals surface area contributed by atoms with Gasteiger partial charge in [0.15, 0.2) is 5.96 Å². The van der Waals surface area contributed by atoms with E-state index in [9.17, 15) is 77.3 Å². The fourth-order valence-corrected chi connectivity index (χ4v) is 11.1. The number of benzene rings is 1. The van der Waals surface area contributed by atoms with E-state index in [1.807, 2.05) is 0 Å². The fraction of sp³-hybridized carbons (Fsp3) is 0.623. The average molecular weight is 1400 g/mol. The number of nitrogens with one attached hydrogen (secondary N) is 11. The number of carboxylic acid groups (broad SMARTS) is 1. The van der Waals surface area contributed by atoms with E-state index in [0.29, 0.717) is 40.8 Å². The van der Waals surface area contributed by atoms with Crippen LogP contribution in [0.2, 0.25) is 0 Å². The first-order chi connectivity index (χ1) is 45.8. The van der Waals surface area contributed by atoms with Gasteiger partial charge in [0.25, 0.3) is 0 Å². The average Bonchev–Trinajstić information content (AvgIpc) is 1.73. The number of fused-ring (bicyclic) bond motifs is 1. The number of thioether (sulfide) groups is 2. The van der Waals surface area contributed by atoms with Crippen molar-refractivity contribution in [3.05, 3.63) is 36.0 Å². The Bertz CT molecular complexity index is 3120. The Morgan fingerprint density at radius 1 is 0.598 bits per heavy atom. The number of hydrogen-bond donors (Lipinski definition) is 18. The third kappa shape index (κ3) is 26.6. The number of aliphatic carboxylic acids is 1. The summed E-state index contributed by atoms with van der Waals surface area (Å²) in [6.07, 6.45) is 4.90. The second-order valence-corrected chi connectivity index (χ2v) is 25.8. The van der Waals surface area contributed by atoms with Gasteiger partial charge in [0.2, 0.25) is 76.8 Å². The molecule has 2 aromatic rings. The predicted molar refractivity (Wildman–Crippen MR) is 363 cm³/mol. The molecule has 13 amide bonds. The molecule has 23 N–H and O–H groups in total. The van der Waals surface area contributed by atoms with Gasteiger partial charge in [-0.05, 0) is 99.9 Å². The van der Waals surface area contributed by atoms with Gasteiger partial charge >= 0.3 is 5.97 Å². The minimum atomic E-state index is -1.83. The lowest BCUT2D eigenvalue weighted by Crippen LogP contribution is -2.62. The zero-order valence-electron chi connectivity index (χ0n) is 56.0. The van der Waals surface area contributed by atoms with Gasteiger partial charge in [-0.3, -0.25) is 67.3 Å². The van der Waals surface area contributed by atoms with Crippen molar-refractivity contribution >= 4 is 123 Å². The summed E-state index contributed by atoms with van der Waals surface area (Å²) in [7, 11) is 0. The van der Waals surface area contributed by atoms with E-state index in [4.69, 9.17) is 28.7 Å². The van der Waals surface area contributed by atoms with Gasteiger partial charge in [0.05, 0.1) is 25.5 Å². The third-order valence-corrected chi connectivity index (χ3v) is 17.6. The van der Waals surface area contributed by atoms with E-state index in [1.165, 1.54) is 42.3 Å². The molecule has 1 saturated heterocycles. The molecule has 0 bridgehead atoms. The van der Waals surface area contributed by atoms with Crippen molar-refractivity contribution in [3.63, 3.8) is 0 Å². The Morgan fingerprint density at radius 3 is 1.65 bits per heavy atom. The molecule has 1 aromatic carbocycles. The van der Waals surface area contributed by atoms with Crippen LogP contribution in [0.3, 0.4) is 0 Å². The summed E-state index contributed by atoms with van der Waals surface area (Å²) >= 11 is 2.77. The number of aliphatic imine (C=N–C) groups is 1. The molecule has 540 valence electrons. The SMILES string of the molecule is CC[C@H](C)[C@H](NC(=O)[C@@H](N)CCCN=C(N)N)C(=O)N[C@@H](CC(N)=O)C(=O)N[C@@H](CC(N)=O)C(=O)N[C@H](C(=O)N1CCC[C@H]1C(=O)N[C@@H](Cc1c[nH]c2ccccc12)C(=O)N[C@@H](CO)C(=O)N[C@@H](C)C(=O)N[C@@H](C)C(=O)N[C@@H](CCSC)C(=O)N[C@@H](CCSC)C(=O)O)[C@@H](C)CC. The molecule has 1 aromatic heterocycles. The minimum Gasteiger partial charge on any atom is -0.480 e. The number of primary amides is 2. The Balaban J connectivity index is 1.85. The number of aliphatic hydroxyl groups excluding tert-OH is 1. The van der Waals surface area contributed by atoms with Gasteiger partial charge < -0.3 is 102 Å². The minimum absolute atomic E-state index is 0.0239. The Kier molecular flexibility index (Phi) is 35.2. The Morgan fingerprint density at radius 2 is 1.08 bits per heavy atom. The van der Waals surface area contributed by atoms with Crippen molar-refractivity contribution in [2.45, 2.75) is 185 Å². The van der Waals surface area contributed by atoms with E-state index < -0.39 is 187 Å². The summed E-state index contributed by atoms with van der Waals surface area (Å²) in [6.45, 7) is 8.41. The number of guanidine groups is 1. The number of nitrogens with two attached hydrogens (primary N) is 5. The quantitative estimate of drug-likeness (QED) is 0.0169. The number of aromatic nitrogens is 1. The highest BCUT2D eigenvalue weighted by atomic mass is 32.2. The van der Waals surface area contributed by atoms with Gasteiger partial charge in [-0.2, -0.15) is 23.5 Å². The van der Waals surface area contributed by atoms with Crippen molar-refractivity contribution in [1.82, 2.24) is 63.1 Å². The smallest absolute Gasteiger partial charge is 0.326 e. The number of carbonyl (C=O) groups is 14. The maximum Gasteiger partial charge on any atom is 0.326 e. The van der Waals surface area contributed by atoms with Crippen LogP contribution >= 0.6 is 23.5 Å². The van der Waals surface area contributed by atoms with Crippen LogP contribution in [-0.4, -0.2) is 225 Å². The number of aliphatic hydroxyl groups is 1. The third-order valence-electron chi connectivity index (χ3n) is 16.3. The van der Waals surface area contributed by atoms with Crippen molar-refractivity contribution in [2.75, 3.05) is 43.7 Å². The maximum absolute atomic E-state index is 14.8. The molecule has 0 radical (unpaired) electrons. The molecule has 1 aliphatic rings. The highest BCUT2D eigenvalue weighted by molar-refractivity contribution is 7.98. The number of hydrogen-bond acceptors (Lipinski definition) is 19. The summed E-state index contributed by atoms with van der Waals surface area (Å²) in [6, 6.07) is -10.0. The number of aromatic amines is 1. The van der Waals surface area contributed by atoms with E-state index in [0.717, 1.165) is 0 Å². The summed E-state index contributed by atoms with van der Waals surface area (Å²) in [5, 5.41) is 45.7. The molecule has 97 heavy (non-hydrogen) atoms. The molecule has 3 rings (SSSR count). The lowest BCUT2D eigenvalue weighted by Gasteiger charge is -2.33. The van der Waals surface area contributed by atoms with E-state index in [-0.39, 0.29) is 64.0 Å². The second kappa shape index (κ2) is 41.4. The molecule has 1 aliphatic heterocycles. The summed E-state index contributed by atoms with van der Waals surface area (Å²) in [5.74, 6) is -14.0. The Labute approximate surface area is 571 Å². The van der Waals surface area contributed by atoms with Crippen LogP contribution in [0.1, 0.15) is 111 Å². The molecule has 34 nitrogen and oxygen atoms in total. The number of para-hydroxylation sites is 1. The second-order valence-electron chi connectivity index (χ2n) is 23.8. The standard InChI is InChI=1S/C61H98N18O16S2/c1-9-30(3)47(77-51(85)36(62)16-13-21-67-61(65)66)58(92)75-41(26-45(63)81)54(88)73-42(27-46(64)82)55(89)78-48(31(4)10-2)59(93)79-22-14-18-44(79)57(91)74-40(25-34-28-68-37-17-12-11-15-35(34)37)53(87)76-43(29-80)56(90)70-32(5)49(83)69-33(6)50(84)71-38(19-23-96-7)52(86)72-39(60(94)95)20-24-97-8/h11-12,15,17,28,30-33,36,38-44,47-48,68,80H,9-10,13-14,16,18-27,29,62H2,1-8H3,(H2,63,81)(H2,64,82)(H,69,83)(H,70,90)(H,71,84)(H,72,86)(H,73,88)(H,74,91)(H,75,92)(H,76,87)(H,77,85)(H,78,89)(H,94,95)(H4,65,66,67)/t30-,31-,32-,33-,36-,38-,39-,40-,41-,42-,43-,44-,47-,48-/m0/s1. The molecule has 0 saturated carbocycles. The van der Waals surface area contributed by atoms with Crippen LogP contribution in [0.15, 0.2) is 35.5 Å². The zero-order valence-corrected chi connectivity index (χ0v) is 57.6. The Hall–Kier alpha value is -8.77. The molecular formula is C61H98N18O16S2. The summed E-state index contributed by atoms with van der Waals surface area (Å²) < 4.78 is 0. The molecule has 36 heteroatoms. The van der Waals surface area contributed by atoms with Crippen molar-refractivity contribution in [2.24, 2.45) is 45.5 Å². The molecule has 0 spiro atoms. The van der Waals surface area contributed by atoms with E-state index >= 15 is 0 Å². The van der Waals surface area contributed by atoms with Gasteiger partial charge in [-0.25, -0.2) is 4.79 Å². The van der Waals surface area contributed by atoms with Gasteiger partial charge in [0, 0.05) is 36.6 Å². The first-order valence-electron chi connectivity index (χ1n) is 31.9. The lowest BCUT2D eigenvalue weighted by atomic mass is 9.96. The molecule has 14 atom stereocenters. The van der Waals surface area contributed by atoms with E-state index in [2.05, 4.69) is 63.1 Å². The molecule has 0 unspecified atom stereocenters. The van der Waals surface area contributed by atoms with E-state index in [1.54, 1.807) is 70.7 Å². The van der Waals surface area contributed by atoms with Crippen LogP contribution < -0.4 is 81.8 Å². The van der Waals surface area contributed by atoms with Crippen LogP contribution in [0.5, 0.6) is 0 Å². The monoisotopic (exact) mass is 1400 g/mol. The van der Waals surface area contributed by atoms with Crippen LogP contribution in [0, 0.1) is 11.8 Å². The van der Waals surface area contributed by atoms with Crippen molar-refractivity contribution < 1.29 is 77.3 Å². The highest BCUT2D eigenvalue weighted by Crippen LogP contribution is 2.24. The highest BCUT2D eigenvalue weighted by Gasteiger charge is 2.42. The molecule has 0 aliphatic carbocycles. The summed E-state index contributed by atoms with van der Waals surface area (Å²) in [5.41, 5.74) is 29.1. The largest absolute Gasteiger partial charge is 0.480 e. The first kappa shape index (κ1) is 82.5. The van der Waals surface area contributed by atoms with Crippen LogP contribution in [0.4, 0.5) is 0 Å². The molecular weight excluding hydrogens is 1300 g/mol. The first-order valence-corrected chi connectivity index (χ1v) is 34.7. The zero-order chi connectivity index (χ0) is 72.8.